The summed E-state index contributed by atoms with van der Waals surface area (Å²) in [6.07, 6.45) is 0. The third-order valence-corrected chi connectivity index (χ3v) is 2.83. The topological polar surface area (TPSA) is 72.2 Å². The summed E-state index contributed by atoms with van der Waals surface area (Å²) in [4.78, 5) is 21.8. The van der Waals surface area contributed by atoms with Gasteiger partial charge >= 0.3 is 0 Å². The van der Waals surface area contributed by atoms with Crippen LogP contribution in [0.25, 0.3) is 0 Å². The molecule has 0 bridgehead atoms. The van der Waals surface area contributed by atoms with Crippen LogP contribution >= 0.6 is 11.8 Å². The highest BCUT2D eigenvalue weighted by molar-refractivity contribution is 8.00. The molecule has 1 aromatic rings. The van der Waals surface area contributed by atoms with E-state index in [0.29, 0.717) is 0 Å². The number of rotatable bonds is 5. The van der Waals surface area contributed by atoms with Gasteiger partial charge in [-0.15, -0.1) is 11.8 Å². The number of hydrogen-bond donors (Lipinski definition) is 2. The van der Waals surface area contributed by atoms with Gasteiger partial charge < -0.3 is 11.1 Å². The molecule has 0 spiro atoms. The number of anilines is 1. The molecule has 6 heteroatoms. The predicted molar refractivity (Wildman–Crippen MR) is 66.3 cm³/mol. The van der Waals surface area contributed by atoms with Gasteiger partial charge in [-0.2, -0.15) is 0 Å². The highest BCUT2D eigenvalue weighted by Crippen LogP contribution is 2.15. The third kappa shape index (κ3) is 4.86. The molecular weight excluding hydrogens is 243 g/mol. The molecule has 0 aromatic heterocycles. The van der Waals surface area contributed by atoms with Gasteiger partial charge in [0.15, 0.2) is 0 Å². The number of carbonyl (C=O) groups is 2. The zero-order valence-corrected chi connectivity index (χ0v) is 10.1. The maximum atomic E-state index is 13.4. The number of halogens is 1. The molecule has 1 rings (SSSR count). The summed E-state index contributed by atoms with van der Waals surface area (Å²) in [6.45, 7) is 1.76. The summed E-state index contributed by atoms with van der Waals surface area (Å²) in [5.41, 5.74) is 5.84. The van der Waals surface area contributed by atoms with Gasteiger partial charge in [0.1, 0.15) is 5.82 Å². The lowest BCUT2D eigenvalue weighted by Gasteiger charge is -2.06. The minimum atomic E-state index is -0.482. The van der Waals surface area contributed by atoms with E-state index in [1.807, 2.05) is 0 Å². The zero-order valence-electron chi connectivity index (χ0n) is 9.33. The molecule has 0 saturated carbocycles. The number of aryl methyl sites for hydroxylation is 1. The van der Waals surface area contributed by atoms with Gasteiger partial charge in [-0.1, -0.05) is 6.07 Å². The maximum Gasteiger partial charge on any atom is 0.234 e. The van der Waals surface area contributed by atoms with Gasteiger partial charge in [0.2, 0.25) is 11.8 Å². The van der Waals surface area contributed by atoms with Crippen molar-refractivity contribution in [2.45, 2.75) is 6.92 Å². The van der Waals surface area contributed by atoms with Crippen molar-refractivity contribution in [3.05, 3.63) is 29.6 Å². The van der Waals surface area contributed by atoms with Gasteiger partial charge in [-0.05, 0) is 24.6 Å². The van der Waals surface area contributed by atoms with Crippen LogP contribution in [0.5, 0.6) is 0 Å². The fraction of sp³-hybridized carbons (Fsp3) is 0.273. The Morgan fingerprint density at radius 2 is 2.12 bits per heavy atom. The summed E-state index contributed by atoms with van der Waals surface area (Å²) >= 11 is 1.09. The first-order valence-corrected chi connectivity index (χ1v) is 6.06. The highest BCUT2D eigenvalue weighted by Gasteiger charge is 2.07. The lowest BCUT2D eigenvalue weighted by Crippen LogP contribution is -2.18. The molecule has 17 heavy (non-hydrogen) atoms. The second-order valence-corrected chi connectivity index (χ2v) is 4.48. The van der Waals surface area contributed by atoms with Crippen LogP contribution in [0.4, 0.5) is 10.1 Å². The largest absolute Gasteiger partial charge is 0.369 e. The second-order valence-electron chi connectivity index (χ2n) is 3.49. The molecule has 1 aromatic carbocycles. The van der Waals surface area contributed by atoms with Gasteiger partial charge in [0.25, 0.3) is 0 Å². The molecule has 0 unspecified atom stereocenters. The molecule has 0 saturated heterocycles. The number of amides is 2. The lowest BCUT2D eigenvalue weighted by atomic mass is 10.2. The molecule has 0 heterocycles. The first-order chi connectivity index (χ1) is 7.99. The van der Waals surface area contributed by atoms with E-state index < -0.39 is 11.7 Å². The molecular formula is C11H13FN2O2S. The van der Waals surface area contributed by atoms with Crippen molar-refractivity contribution in [3.63, 3.8) is 0 Å². The van der Waals surface area contributed by atoms with E-state index in [-0.39, 0.29) is 23.1 Å². The monoisotopic (exact) mass is 256 g/mol. The molecule has 0 radical (unpaired) electrons. The SMILES string of the molecule is Cc1ccc(NC(=O)CSCC(N)=O)c(F)c1. The van der Waals surface area contributed by atoms with Crippen LogP contribution in [0.2, 0.25) is 0 Å². The van der Waals surface area contributed by atoms with Crippen molar-refractivity contribution in [3.8, 4) is 0 Å². The number of carbonyl (C=O) groups excluding carboxylic acids is 2. The Balaban J connectivity index is 2.48. The molecule has 2 amide bonds. The molecule has 92 valence electrons. The average Bonchev–Trinajstić information content (AvgIpc) is 2.21. The Bertz CT molecular complexity index is 437. The Morgan fingerprint density at radius 3 is 2.71 bits per heavy atom. The van der Waals surface area contributed by atoms with Crippen LogP contribution in [0.15, 0.2) is 18.2 Å². The minimum Gasteiger partial charge on any atom is -0.369 e. The molecule has 0 aliphatic carbocycles. The fourth-order valence-electron chi connectivity index (χ4n) is 1.15. The Morgan fingerprint density at radius 1 is 1.41 bits per heavy atom. The molecule has 4 nitrogen and oxygen atoms in total. The summed E-state index contributed by atoms with van der Waals surface area (Å²) in [6, 6.07) is 4.54. The fourth-order valence-corrected chi connectivity index (χ4v) is 1.71. The van der Waals surface area contributed by atoms with E-state index >= 15 is 0 Å². The number of primary amides is 1. The van der Waals surface area contributed by atoms with Crippen molar-refractivity contribution in [1.82, 2.24) is 0 Å². The van der Waals surface area contributed by atoms with Crippen molar-refractivity contribution in [2.75, 3.05) is 16.8 Å². The van der Waals surface area contributed by atoms with Gasteiger partial charge in [0, 0.05) is 0 Å². The third-order valence-electron chi connectivity index (χ3n) is 1.88. The summed E-state index contributed by atoms with van der Waals surface area (Å²) in [5, 5.41) is 2.42. The van der Waals surface area contributed by atoms with E-state index in [0.717, 1.165) is 17.3 Å². The molecule has 0 aliphatic rings. The van der Waals surface area contributed by atoms with Crippen molar-refractivity contribution in [2.24, 2.45) is 5.73 Å². The number of thioether (sulfide) groups is 1. The number of benzene rings is 1. The van der Waals surface area contributed by atoms with E-state index in [9.17, 15) is 14.0 Å². The summed E-state index contributed by atoms with van der Waals surface area (Å²) in [7, 11) is 0. The summed E-state index contributed by atoms with van der Waals surface area (Å²) in [5.74, 6) is -1.18. The van der Waals surface area contributed by atoms with Crippen LogP contribution in [0.3, 0.4) is 0 Å². The van der Waals surface area contributed by atoms with E-state index in [2.05, 4.69) is 5.32 Å². The van der Waals surface area contributed by atoms with Crippen molar-refractivity contribution >= 4 is 29.3 Å². The average molecular weight is 256 g/mol. The van der Waals surface area contributed by atoms with Gasteiger partial charge in [0.05, 0.1) is 17.2 Å². The van der Waals surface area contributed by atoms with Crippen LogP contribution in [-0.2, 0) is 9.59 Å². The maximum absolute atomic E-state index is 13.4. The Labute approximate surface area is 103 Å². The number of nitrogens with one attached hydrogen (secondary N) is 1. The zero-order chi connectivity index (χ0) is 12.8. The summed E-state index contributed by atoms with van der Waals surface area (Å²) < 4.78 is 13.4. The molecule has 0 atom stereocenters. The van der Waals surface area contributed by atoms with E-state index in [1.165, 1.54) is 12.1 Å². The van der Waals surface area contributed by atoms with Gasteiger partial charge in [-0.25, -0.2) is 4.39 Å². The van der Waals surface area contributed by atoms with E-state index in [1.54, 1.807) is 13.0 Å². The van der Waals surface area contributed by atoms with Crippen LogP contribution in [0, 0.1) is 12.7 Å². The minimum absolute atomic E-state index is 0.0657. The second kappa shape index (κ2) is 6.24. The van der Waals surface area contributed by atoms with Gasteiger partial charge in [-0.3, -0.25) is 9.59 Å². The normalized spacial score (nSPS) is 10.0. The number of nitrogens with two attached hydrogens (primary N) is 1. The quantitative estimate of drug-likeness (QED) is 0.833. The van der Waals surface area contributed by atoms with Crippen LogP contribution in [0.1, 0.15) is 5.56 Å². The highest BCUT2D eigenvalue weighted by atomic mass is 32.2. The first kappa shape index (κ1) is 13.5. The smallest absolute Gasteiger partial charge is 0.234 e. The molecule has 3 N–H and O–H groups in total. The molecule has 0 aliphatic heterocycles. The Kier molecular flexibility index (Phi) is 4.96. The van der Waals surface area contributed by atoms with E-state index in [4.69, 9.17) is 5.73 Å². The van der Waals surface area contributed by atoms with Crippen LogP contribution < -0.4 is 11.1 Å². The van der Waals surface area contributed by atoms with Crippen molar-refractivity contribution < 1.29 is 14.0 Å². The standard InChI is InChI=1S/C11H13FN2O2S/c1-7-2-3-9(8(12)4-7)14-11(16)6-17-5-10(13)15/h2-4H,5-6H2,1H3,(H2,13,15)(H,14,16). The molecule has 0 fully saturated rings. The van der Waals surface area contributed by atoms with Crippen LogP contribution in [-0.4, -0.2) is 23.3 Å². The number of hydrogen-bond acceptors (Lipinski definition) is 3. The first-order valence-electron chi connectivity index (χ1n) is 4.91. The Hall–Kier alpha value is -1.56. The van der Waals surface area contributed by atoms with Crippen molar-refractivity contribution in [1.29, 1.82) is 0 Å². The lowest BCUT2D eigenvalue weighted by molar-refractivity contribution is -0.115. The predicted octanol–water partition coefficient (Wildman–Crippen LogP) is 1.29.